The summed E-state index contributed by atoms with van der Waals surface area (Å²) >= 11 is 0. The minimum absolute atomic E-state index is 0.0210. The van der Waals surface area contributed by atoms with Crippen molar-refractivity contribution in [1.29, 1.82) is 0 Å². The van der Waals surface area contributed by atoms with Crippen LogP contribution in [0.2, 0.25) is 0 Å². The third-order valence-corrected chi connectivity index (χ3v) is 9.92. The van der Waals surface area contributed by atoms with Crippen molar-refractivity contribution >= 4 is 19.7 Å². The molecule has 254 valence electrons. The lowest BCUT2D eigenvalue weighted by Gasteiger charge is -2.10. The topological polar surface area (TPSA) is 138 Å². The van der Waals surface area contributed by atoms with Crippen LogP contribution in [0.4, 0.5) is 17.6 Å². The number of rotatable bonds is 12. The summed E-state index contributed by atoms with van der Waals surface area (Å²) in [7, 11) is -8.16. The summed E-state index contributed by atoms with van der Waals surface area (Å²) in [5, 5.41) is -1.18. The highest BCUT2D eigenvalue weighted by molar-refractivity contribution is 7.90. The van der Waals surface area contributed by atoms with Crippen LogP contribution in [-0.4, -0.2) is 35.9 Å². The summed E-state index contributed by atoms with van der Waals surface area (Å²) in [6.45, 7) is 4.68. The third kappa shape index (κ3) is 10.2. The van der Waals surface area contributed by atoms with Gasteiger partial charge in [-0.05, 0) is 30.5 Å². The minimum Gasteiger partial charge on any atom is -0.312 e. The molecule has 0 aliphatic carbocycles. The second kappa shape index (κ2) is 16.1. The molecule has 4 rings (SSSR count). The van der Waals surface area contributed by atoms with E-state index in [-0.39, 0.29) is 11.1 Å². The predicted octanol–water partition coefficient (Wildman–Crippen LogP) is 5.19. The van der Waals surface area contributed by atoms with E-state index in [0.29, 0.717) is 19.5 Å². The lowest BCUT2D eigenvalue weighted by molar-refractivity contribution is -0.137. The Morgan fingerprint density at radius 3 is 1.72 bits per heavy atom. The lowest BCUT2D eigenvalue weighted by atomic mass is 10.1. The van der Waals surface area contributed by atoms with E-state index in [1.54, 1.807) is 6.07 Å². The number of aryl methyl sites for hydroxylation is 2. The quantitative estimate of drug-likeness (QED) is 0.184. The Kier molecular flexibility index (Phi) is 12.8. The Morgan fingerprint density at radius 1 is 0.723 bits per heavy atom. The third-order valence-electron chi connectivity index (χ3n) is 6.77. The average molecular weight is 699 g/mol. The fourth-order valence-electron chi connectivity index (χ4n) is 4.30. The summed E-state index contributed by atoms with van der Waals surface area (Å²) in [5.74, 6) is -1.93. The molecule has 47 heavy (non-hydrogen) atoms. The van der Waals surface area contributed by atoms with Crippen LogP contribution < -0.4 is 11.1 Å². The first-order valence-corrected chi connectivity index (χ1v) is 17.9. The van der Waals surface area contributed by atoms with Gasteiger partial charge in [-0.25, -0.2) is 31.2 Å². The minimum atomic E-state index is -4.57. The molecule has 0 aliphatic heterocycles. The Balaban J connectivity index is 0.000000257. The Bertz CT molecular complexity index is 2010. The van der Waals surface area contributed by atoms with E-state index >= 15 is 0 Å². The van der Waals surface area contributed by atoms with Crippen molar-refractivity contribution in [2.75, 3.05) is 0 Å². The van der Waals surface area contributed by atoms with Crippen molar-refractivity contribution in [1.82, 2.24) is 19.1 Å². The maximum absolute atomic E-state index is 13.6. The molecule has 0 spiro atoms. The van der Waals surface area contributed by atoms with Gasteiger partial charge in [0, 0.05) is 43.4 Å². The Morgan fingerprint density at radius 2 is 1.23 bits per heavy atom. The van der Waals surface area contributed by atoms with Gasteiger partial charge in [-0.3, -0.25) is 9.59 Å². The van der Waals surface area contributed by atoms with Crippen LogP contribution in [0.5, 0.6) is 0 Å². The van der Waals surface area contributed by atoms with Crippen LogP contribution in [0.15, 0.2) is 93.0 Å². The summed E-state index contributed by atoms with van der Waals surface area (Å²) in [5.41, 5.74) is -2.40. The molecule has 0 saturated carbocycles. The van der Waals surface area contributed by atoms with E-state index < -0.39 is 69.9 Å². The number of benzene rings is 2. The number of hydrogen-bond donors (Lipinski definition) is 0. The van der Waals surface area contributed by atoms with E-state index in [4.69, 9.17) is 0 Å². The normalized spacial score (nSPS) is 12.0. The van der Waals surface area contributed by atoms with Gasteiger partial charge in [-0.2, -0.15) is 13.2 Å². The molecule has 0 fully saturated rings. The standard InChI is InChI=1S/C16H17F3N2O3S.C15H17FN2O3S/c1-2-3-8-21-9-7-20-14(15(21)22)25(23,24)11-12-5-4-6-13(10-12)16(17,18)19;1-2-3-9-18-10-8-17-14(15(18)19)22(20,21)11-12-6-4-5-7-13(12)16/h4-7,9-10H,2-3,8,11H2,1H3;4-8,10H,2-3,9,11H2,1H3. The molecule has 0 unspecified atom stereocenters. The van der Waals surface area contributed by atoms with E-state index in [1.807, 2.05) is 13.8 Å². The predicted molar refractivity (Wildman–Crippen MR) is 166 cm³/mol. The molecule has 4 aromatic rings. The fraction of sp³-hybridized carbons (Fsp3) is 0.355. The first kappa shape index (κ1) is 37.3. The Hall–Kier alpha value is -4.18. The van der Waals surface area contributed by atoms with E-state index in [1.165, 1.54) is 58.2 Å². The summed E-state index contributed by atoms with van der Waals surface area (Å²) in [6, 6.07) is 9.60. The fourth-order valence-corrected chi connectivity index (χ4v) is 7.05. The molecule has 2 aromatic heterocycles. The van der Waals surface area contributed by atoms with Gasteiger partial charge in [0.05, 0.1) is 17.1 Å². The van der Waals surface area contributed by atoms with Crippen molar-refractivity contribution < 1.29 is 34.4 Å². The number of aromatic nitrogens is 4. The summed E-state index contributed by atoms with van der Waals surface area (Å²) in [4.78, 5) is 31.8. The van der Waals surface area contributed by atoms with Crippen molar-refractivity contribution in [3.05, 3.63) is 117 Å². The molecule has 0 aliphatic rings. The van der Waals surface area contributed by atoms with Crippen molar-refractivity contribution in [3.63, 3.8) is 0 Å². The van der Waals surface area contributed by atoms with Gasteiger partial charge in [0.15, 0.2) is 0 Å². The molecule has 0 atom stereocenters. The lowest BCUT2D eigenvalue weighted by Crippen LogP contribution is -2.28. The second-order valence-corrected chi connectivity index (χ2v) is 14.3. The zero-order valence-corrected chi connectivity index (χ0v) is 27.3. The molecule has 0 bridgehead atoms. The van der Waals surface area contributed by atoms with Gasteiger partial charge >= 0.3 is 6.18 Å². The molecule has 0 amide bonds. The number of unbranched alkanes of at least 4 members (excludes halogenated alkanes) is 2. The molecule has 0 N–H and O–H groups in total. The molecule has 10 nitrogen and oxygen atoms in total. The van der Waals surface area contributed by atoms with E-state index in [2.05, 4.69) is 9.97 Å². The average Bonchev–Trinajstić information content (AvgIpc) is 3.01. The molecular formula is C31H34F4N4O6S2. The van der Waals surface area contributed by atoms with Crippen molar-refractivity contribution in [2.45, 2.75) is 80.4 Å². The SMILES string of the molecule is CCCCn1ccnc(S(=O)(=O)Cc2cccc(C(F)(F)F)c2)c1=O.CCCCn1ccnc(S(=O)(=O)Cc2ccccc2F)c1=O. The highest BCUT2D eigenvalue weighted by Crippen LogP contribution is 2.30. The first-order chi connectivity index (χ1) is 22.1. The zero-order chi connectivity index (χ0) is 34.8. The monoisotopic (exact) mass is 698 g/mol. The summed E-state index contributed by atoms with van der Waals surface area (Å²) < 4.78 is 104. The number of alkyl halides is 3. The van der Waals surface area contributed by atoms with Gasteiger partial charge in [-0.1, -0.05) is 63.1 Å². The Labute approximate surface area is 269 Å². The molecular weight excluding hydrogens is 664 g/mol. The maximum Gasteiger partial charge on any atom is 0.416 e. The zero-order valence-electron chi connectivity index (χ0n) is 25.7. The number of halogens is 4. The number of hydrogen-bond acceptors (Lipinski definition) is 8. The maximum atomic E-state index is 13.6. The van der Waals surface area contributed by atoms with E-state index in [0.717, 1.165) is 37.5 Å². The highest BCUT2D eigenvalue weighted by atomic mass is 32.2. The van der Waals surface area contributed by atoms with Crippen LogP contribution in [-0.2, 0) is 50.4 Å². The number of sulfone groups is 2. The van der Waals surface area contributed by atoms with Crippen LogP contribution >= 0.6 is 0 Å². The molecule has 0 saturated heterocycles. The molecule has 2 heterocycles. The van der Waals surface area contributed by atoms with E-state index in [9.17, 15) is 44.0 Å². The van der Waals surface area contributed by atoms with Crippen molar-refractivity contribution in [2.24, 2.45) is 0 Å². The smallest absolute Gasteiger partial charge is 0.312 e. The van der Waals surface area contributed by atoms with Crippen LogP contribution in [0, 0.1) is 5.82 Å². The van der Waals surface area contributed by atoms with Crippen molar-refractivity contribution in [3.8, 4) is 0 Å². The van der Waals surface area contributed by atoms with Gasteiger partial charge < -0.3 is 9.13 Å². The van der Waals surface area contributed by atoms with Crippen LogP contribution in [0.25, 0.3) is 0 Å². The first-order valence-electron chi connectivity index (χ1n) is 14.6. The highest BCUT2D eigenvalue weighted by Gasteiger charge is 2.31. The van der Waals surface area contributed by atoms with Gasteiger partial charge in [0.2, 0.25) is 29.7 Å². The van der Waals surface area contributed by atoms with Crippen LogP contribution in [0.1, 0.15) is 56.2 Å². The van der Waals surface area contributed by atoms with Crippen LogP contribution in [0.3, 0.4) is 0 Å². The second-order valence-electron chi connectivity index (χ2n) is 10.5. The van der Waals surface area contributed by atoms with Gasteiger partial charge in [0.25, 0.3) is 11.1 Å². The molecule has 0 radical (unpaired) electrons. The largest absolute Gasteiger partial charge is 0.416 e. The molecule has 2 aromatic carbocycles. The number of nitrogens with zero attached hydrogens (tertiary/aromatic N) is 4. The summed E-state index contributed by atoms with van der Waals surface area (Å²) in [6.07, 6.45) is 3.92. The van der Waals surface area contributed by atoms with Gasteiger partial charge in [-0.15, -0.1) is 0 Å². The molecule has 16 heteroatoms. The van der Waals surface area contributed by atoms with Gasteiger partial charge in [0.1, 0.15) is 5.82 Å².